The van der Waals surface area contributed by atoms with Crippen molar-refractivity contribution in [1.82, 2.24) is 25.8 Å². The Morgan fingerprint density at radius 1 is 0.797 bits per heavy atom. The minimum atomic E-state index is -0.911. The number of phenolic OH excluding ortho intramolecular Hbond substituents is 1. The van der Waals surface area contributed by atoms with Crippen molar-refractivity contribution in [2.24, 2.45) is 5.92 Å². The molecule has 1 saturated heterocycles. The van der Waals surface area contributed by atoms with Crippen LogP contribution in [0.25, 0.3) is 10.9 Å². The van der Waals surface area contributed by atoms with E-state index >= 15 is 0 Å². The Hall–Kier alpha value is -6.47. The molecule has 2 aliphatic heterocycles. The van der Waals surface area contributed by atoms with Gasteiger partial charge in [-0.3, -0.25) is 33.8 Å². The smallest absolute Gasteiger partial charge is 0.257 e. The van der Waals surface area contributed by atoms with Gasteiger partial charge in [0.1, 0.15) is 17.8 Å². The molecule has 306 valence electrons. The van der Waals surface area contributed by atoms with E-state index in [9.17, 15) is 29.1 Å². The summed E-state index contributed by atoms with van der Waals surface area (Å²) in [7, 11) is 0. The van der Waals surface area contributed by atoms with Crippen LogP contribution >= 0.6 is 0 Å². The number of para-hydroxylation sites is 4. The van der Waals surface area contributed by atoms with Crippen molar-refractivity contribution in [3.05, 3.63) is 120 Å². The molecule has 4 aromatic carbocycles. The fourth-order valence-corrected chi connectivity index (χ4v) is 8.14. The lowest BCUT2D eigenvalue weighted by Crippen LogP contribution is -2.55. The minimum absolute atomic E-state index is 0.0876. The molecule has 13 nitrogen and oxygen atoms in total. The predicted octanol–water partition coefficient (Wildman–Crippen LogP) is 5.58. The molecule has 5 amide bonds. The standard InChI is InChI=1S/C46H51N7O6/c1-30(54)49-40(27-33-28-48-37-13-4-2-11-35(33)37)46(59)51-39(26-32-17-19-34(55)20-18-32)45(58)47-23-9-8-10-31-21-24-52(25-22-31)29-43(56)53-41-15-6-3-12-36(41)44(57)50-38-14-5-7-16-42(38)53/h2-7,11-20,28,31,39-40,48,55H,8-10,21-27,29H2,1H3,(H,47,58)(H,49,54)(H,50,57)(H,51,59)/t39-,40-/m0/s1. The number of anilines is 3. The van der Waals surface area contributed by atoms with Crippen LogP contribution in [0.15, 0.2) is 103 Å². The number of nitrogens with one attached hydrogen (secondary N) is 5. The quantitative estimate of drug-likeness (QED) is 0.0750. The molecule has 7 rings (SSSR count). The lowest BCUT2D eigenvalue weighted by Gasteiger charge is -2.33. The minimum Gasteiger partial charge on any atom is -0.508 e. The molecule has 13 heteroatoms. The number of carbonyl (C=O) groups is 5. The second-order valence-electron chi connectivity index (χ2n) is 15.5. The molecule has 0 bridgehead atoms. The number of benzene rings is 4. The molecular weight excluding hydrogens is 747 g/mol. The van der Waals surface area contributed by atoms with Crippen LogP contribution in [0.1, 0.15) is 60.5 Å². The number of phenols is 1. The first-order valence-corrected chi connectivity index (χ1v) is 20.4. The third kappa shape index (κ3) is 10.2. The van der Waals surface area contributed by atoms with E-state index in [-0.39, 0.29) is 48.8 Å². The summed E-state index contributed by atoms with van der Waals surface area (Å²) in [6, 6.07) is 27.0. The van der Waals surface area contributed by atoms with Gasteiger partial charge in [0.15, 0.2) is 0 Å². The van der Waals surface area contributed by atoms with Crippen molar-refractivity contribution in [3.63, 3.8) is 0 Å². The highest BCUT2D eigenvalue weighted by atomic mass is 16.3. The van der Waals surface area contributed by atoms with Gasteiger partial charge < -0.3 is 31.4 Å². The number of rotatable bonds is 15. The highest BCUT2D eigenvalue weighted by Gasteiger charge is 2.31. The van der Waals surface area contributed by atoms with Crippen molar-refractivity contribution in [1.29, 1.82) is 0 Å². The summed E-state index contributed by atoms with van der Waals surface area (Å²) < 4.78 is 0. The van der Waals surface area contributed by atoms with E-state index in [4.69, 9.17) is 0 Å². The second-order valence-corrected chi connectivity index (χ2v) is 15.5. The summed E-state index contributed by atoms with van der Waals surface area (Å²) >= 11 is 0. The summed E-state index contributed by atoms with van der Waals surface area (Å²) in [5.74, 6) is -0.874. The Labute approximate surface area is 343 Å². The van der Waals surface area contributed by atoms with Crippen molar-refractivity contribution in [2.75, 3.05) is 36.4 Å². The zero-order valence-corrected chi connectivity index (χ0v) is 33.2. The van der Waals surface area contributed by atoms with E-state index in [1.54, 1.807) is 41.3 Å². The zero-order valence-electron chi connectivity index (χ0n) is 33.2. The molecule has 6 N–H and O–H groups in total. The molecule has 1 aromatic heterocycles. The first kappa shape index (κ1) is 40.7. The molecule has 2 aliphatic rings. The number of hydrogen-bond donors (Lipinski definition) is 6. The van der Waals surface area contributed by atoms with Gasteiger partial charge in [-0.15, -0.1) is 0 Å². The Morgan fingerprint density at radius 2 is 1.49 bits per heavy atom. The third-order valence-electron chi connectivity index (χ3n) is 11.2. The summed E-state index contributed by atoms with van der Waals surface area (Å²) in [5, 5.41) is 22.4. The summed E-state index contributed by atoms with van der Waals surface area (Å²) in [5.41, 5.74) is 4.84. The molecule has 0 spiro atoms. The Bertz CT molecular complexity index is 2300. The fourth-order valence-electron chi connectivity index (χ4n) is 8.14. The van der Waals surface area contributed by atoms with Crippen LogP contribution in [0, 0.1) is 5.92 Å². The van der Waals surface area contributed by atoms with Gasteiger partial charge in [0.25, 0.3) is 5.91 Å². The third-order valence-corrected chi connectivity index (χ3v) is 11.2. The van der Waals surface area contributed by atoms with E-state index in [0.29, 0.717) is 35.1 Å². The highest BCUT2D eigenvalue weighted by Crippen LogP contribution is 2.38. The molecular formula is C46H51N7O6. The van der Waals surface area contributed by atoms with E-state index in [1.807, 2.05) is 66.9 Å². The summed E-state index contributed by atoms with van der Waals surface area (Å²) in [6.45, 7) is 3.62. The van der Waals surface area contributed by atoms with E-state index < -0.39 is 18.0 Å². The number of piperidine rings is 1. The average Bonchev–Trinajstić information content (AvgIpc) is 3.59. The van der Waals surface area contributed by atoms with Gasteiger partial charge in [-0.25, -0.2) is 0 Å². The normalized spacial score (nSPS) is 15.3. The second kappa shape index (κ2) is 18.9. The molecule has 2 atom stereocenters. The first-order chi connectivity index (χ1) is 28.6. The van der Waals surface area contributed by atoms with Gasteiger partial charge in [0.05, 0.1) is 29.2 Å². The molecule has 0 saturated carbocycles. The lowest BCUT2D eigenvalue weighted by molar-refractivity contribution is -0.131. The SMILES string of the molecule is CC(=O)N[C@@H](Cc1c[nH]c2ccccc12)C(=O)N[C@@H](Cc1ccc(O)cc1)C(=O)NCCCCC1CCN(CC(=O)N2c3ccccc3NC(=O)c3ccccc32)CC1. The van der Waals surface area contributed by atoms with E-state index in [0.717, 1.165) is 67.2 Å². The van der Waals surface area contributed by atoms with Crippen molar-refractivity contribution in [3.8, 4) is 5.75 Å². The molecule has 0 radical (unpaired) electrons. The zero-order chi connectivity index (χ0) is 41.3. The van der Waals surface area contributed by atoms with Crippen LogP contribution in [-0.2, 0) is 32.0 Å². The fraction of sp³-hybridized carbons (Fsp3) is 0.326. The monoisotopic (exact) mass is 797 g/mol. The average molecular weight is 798 g/mol. The van der Waals surface area contributed by atoms with Gasteiger partial charge in [0.2, 0.25) is 23.6 Å². The summed E-state index contributed by atoms with van der Waals surface area (Å²) in [6.07, 6.45) is 6.86. The van der Waals surface area contributed by atoms with Gasteiger partial charge in [-0.2, -0.15) is 0 Å². The Balaban J connectivity index is 0.896. The Kier molecular flexibility index (Phi) is 13.0. The van der Waals surface area contributed by atoms with Crippen LogP contribution in [0.3, 0.4) is 0 Å². The maximum absolute atomic E-state index is 13.9. The maximum Gasteiger partial charge on any atom is 0.257 e. The predicted molar refractivity (Wildman–Crippen MR) is 227 cm³/mol. The van der Waals surface area contributed by atoms with Crippen LogP contribution in [-0.4, -0.2) is 82.8 Å². The van der Waals surface area contributed by atoms with Crippen molar-refractivity contribution < 1.29 is 29.1 Å². The molecule has 1 fully saturated rings. The number of nitrogens with zero attached hydrogens (tertiary/aromatic N) is 2. The molecule has 3 heterocycles. The van der Waals surface area contributed by atoms with E-state index in [2.05, 4.69) is 31.2 Å². The van der Waals surface area contributed by atoms with Crippen LogP contribution < -0.4 is 26.2 Å². The van der Waals surface area contributed by atoms with Crippen LogP contribution in [0.2, 0.25) is 0 Å². The number of hydrogen-bond acceptors (Lipinski definition) is 7. The number of amides is 5. The maximum atomic E-state index is 13.9. The molecule has 5 aromatic rings. The summed E-state index contributed by atoms with van der Waals surface area (Å²) in [4.78, 5) is 73.5. The number of likely N-dealkylation sites (tertiary alicyclic amines) is 1. The number of fused-ring (bicyclic) bond motifs is 3. The van der Waals surface area contributed by atoms with Crippen LogP contribution in [0.4, 0.5) is 17.1 Å². The van der Waals surface area contributed by atoms with Crippen LogP contribution in [0.5, 0.6) is 5.75 Å². The molecule has 59 heavy (non-hydrogen) atoms. The largest absolute Gasteiger partial charge is 0.508 e. The topological polar surface area (TPSA) is 176 Å². The van der Waals surface area contributed by atoms with Gasteiger partial charge in [-0.1, -0.05) is 67.4 Å². The lowest BCUT2D eigenvalue weighted by atomic mass is 9.91. The number of carbonyl (C=O) groups excluding carboxylic acids is 5. The number of unbranched alkanes of at least 4 members (excludes halogenated alkanes) is 1. The van der Waals surface area contributed by atoms with Crippen molar-refractivity contribution in [2.45, 2.75) is 64.0 Å². The van der Waals surface area contributed by atoms with Gasteiger partial charge >= 0.3 is 0 Å². The van der Waals surface area contributed by atoms with Gasteiger partial charge in [0, 0.05) is 43.4 Å². The number of H-pyrrole nitrogens is 1. The van der Waals surface area contributed by atoms with Gasteiger partial charge in [-0.05, 0) is 91.9 Å². The first-order valence-electron chi connectivity index (χ1n) is 20.4. The number of aromatic nitrogens is 1. The van der Waals surface area contributed by atoms with Crippen molar-refractivity contribution >= 4 is 57.5 Å². The molecule has 0 unspecified atom stereocenters. The number of aromatic hydroxyl groups is 1. The van der Waals surface area contributed by atoms with E-state index in [1.165, 1.54) is 6.92 Å². The highest BCUT2D eigenvalue weighted by molar-refractivity contribution is 6.18. The molecule has 0 aliphatic carbocycles. The Morgan fingerprint density at radius 3 is 2.27 bits per heavy atom. The number of aromatic amines is 1.